The van der Waals surface area contributed by atoms with Crippen molar-refractivity contribution in [3.8, 4) is 0 Å². The number of rotatable bonds is 6. The number of benzene rings is 3. The second kappa shape index (κ2) is 9.19. The predicted molar refractivity (Wildman–Crippen MR) is 114 cm³/mol. The Bertz CT molecular complexity index is 840. The summed E-state index contributed by atoms with van der Waals surface area (Å²) in [5.41, 5.74) is 8.53. The molecule has 0 bridgehead atoms. The minimum Gasteiger partial charge on any atom is -0.313 e. The van der Waals surface area contributed by atoms with Crippen molar-refractivity contribution >= 4 is 30.5 Å². The third-order valence-electron chi connectivity index (χ3n) is 4.01. The van der Waals surface area contributed by atoms with E-state index in [-0.39, 0.29) is 0 Å². The predicted octanol–water partition coefficient (Wildman–Crippen LogP) is 5.58. The zero-order valence-electron chi connectivity index (χ0n) is 14.8. The molecule has 0 saturated heterocycles. The van der Waals surface area contributed by atoms with Gasteiger partial charge in [0.2, 0.25) is 0 Å². The molecule has 2 nitrogen and oxygen atoms in total. The third kappa shape index (κ3) is 4.81. The summed E-state index contributed by atoms with van der Waals surface area (Å²) >= 11 is 0. The fourth-order valence-electron chi connectivity index (χ4n) is 2.67. The normalized spacial score (nSPS) is 11.6. The summed E-state index contributed by atoms with van der Waals surface area (Å²) in [6, 6.07) is 26.9. The highest BCUT2D eigenvalue weighted by Crippen LogP contribution is 2.19. The number of hydrogen-bond donors (Lipinski definition) is 1. The fraction of sp³-hybridized carbons (Fsp3) is 0.0417. The number of hydrazone groups is 1. The molecule has 3 aromatic rings. The van der Waals surface area contributed by atoms with Gasteiger partial charge in [0.1, 0.15) is 0 Å². The molecule has 0 unspecified atom stereocenters. The number of nitrogens with zero attached hydrogens (tertiary/aromatic N) is 1. The highest BCUT2D eigenvalue weighted by atomic mass is 15.3. The van der Waals surface area contributed by atoms with Crippen LogP contribution in [0.3, 0.4) is 0 Å². The highest BCUT2D eigenvalue weighted by Gasteiger charge is 2.02. The van der Waals surface area contributed by atoms with Crippen LogP contribution in [0.5, 0.6) is 0 Å². The molecule has 3 rings (SSSR count). The van der Waals surface area contributed by atoms with Crippen LogP contribution in [0.2, 0.25) is 0 Å². The van der Waals surface area contributed by atoms with Crippen LogP contribution in [0.25, 0.3) is 24.3 Å². The van der Waals surface area contributed by atoms with E-state index < -0.39 is 0 Å². The van der Waals surface area contributed by atoms with Crippen molar-refractivity contribution in [2.45, 2.75) is 0 Å². The summed E-state index contributed by atoms with van der Waals surface area (Å²) in [5, 5.41) is 4.23. The lowest BCUT2D eigenvalue weighted by atomic mass is 9.99. The molecule has 0 aromatic heterocycles. The molecule has 0 radical (unpaired) electrons. The standard InChI is InChI=1S/C24H22N2/c1-25-26-19-24-22(17-15-20-9-4-2-5-10-20)13-8-14-23(24)18-16-21-11-6-3-7-12-21/h2-19,25H,1H3/b17-15+,18-16+,26-19+. The van der Waals surface area contributed by atoms with Crippen molar-refractivity contribution in [3.05, 3.63) is 107 Å². The zero-order chi connectivity index (χ0) is 18.0. The zero-order valence-corrected chi connectivity index (χ0v) is 14.8. The topological polar surface area (TPSA) is 24.4 Å². The van der Waals surface area contributed by atoms with Gasteiger partial charge in [-0.1, -0.05) is 103 Å². The molecule has 0 heterocycles. The molecular formula is C24H22N2. The van der Waals surface area contributed by atoms with Gasteiger partial charge in [0.05, 0.1) is 6.21 Å². The van der Waals surface area contributed by atoms with Gasteiger partial charge in [-0.15, -0.1) is 0 Å². The van der Waals surface area contributed by atoms with Gasteiger partial charge in [0.15, 0.2) is 0 Å². The molecule has 0 amide bonds. The van der Waals surface area contributed by atoms with Gasteiger partial charge in [-0.2, -0.15) is 5.10 Å². The molecule has 0 atom stereocenters. The first-order valence-electron chi connectivity index (χ1n) is 8.66. The summed E-state index contributed by atoms with van der Waals surface area (Å²) in [7, 11) is 1.80. The van der Waals surface area contributed by atoms with E-state index in [9.17, 15) is 0 Å². The maximum atomic E-state index is 4.23. The average Bonchev–Trinajstić information content (AvgIpc) is 2.71. The summed E-state index contributed by atoms with van der Waals surface area (Å²) in [4.78, 5) is 0. The van der Waals surface area contributed by atoms with E-state index in [2.05, 4.69) is 77.3 Å². The lowest BCUT2D eigenvalue weighted by molar-refractivity contribution is 0.908. The van der Waals surface area contributed by atoms with Crippen LogP contribution in [0.1, 0.15) is 27.8 Å². The van der Waals surface area contributed by atoms with E-state index in [0.29, 0.717) is 0 Å². The van der Waals surface area contributed by atoms with E-state index in [1.165, 1.54) is 11.1 Å². The van der Waals surface area contributed by atoms with Crippen LogP contribution in [-0.2, 0) is 0 Å². The van der Waals surface area contributed by atoms with E-state index in [1.807, 2.05) is 42.6 Å². The van der Waals surface area contributed by atoms with Gasteiger partial charge in [-0.3, -0.25) is 0 Å². The summed E-state index contributed by atoms with van der Waals surface area (Å²) in [6.07, 6.45) is 10.4. The van der Waals surface area contributed by atoms with E-state index in [4.69, 9.17) is 0 Å². The molecular weight excluding hydrogens is 316 g/mol. The first kappa shape index (κ1) is 17.4. The van der Waals surface area contributed by atoms with Crippen molar-refractivity contribution in [3.63, 3.8) is 0 Å². The quantitative estimate of drug-likeness (QED) is 0.354. The molecule has 0 spiro atoms. The highest BCUT2D eigenvalue weighted by molar-refractivity contribution is 5.93. The largest absolute Gasteiger partial charge is 0.313 e. The van der Waals surface area contributed by atoms with Gasteiger partial charge in [-0.25, -0.2) is 0 Å². The Morgan fingerprint density at radius 1 is 0.615 bits per heavy atom. The van der Waals surface area contributed by atoms with E-state index in [0.717, 1.165) is 16.7 Å². The van der Waals surface area contributed by atoms with Crippen molar-refractivity contribution in [2.24, 2.45) is 5.10 Å². The first-order valence-corrected chi connectivity index (χ1v) is 8.66. The minimum absolute atomic E-state index is 1.08. The molecule has 0 aliphatic carbocycles. The van der Waals surface area contributed by atoms with Crippen LogP contribution in [0.4, 0.5) is 0 Å². The van der Waals surface area contributed by atoms with E-state index in [1.54, 1.807) is 7.05 Å². The van der Waals surface area contributed by atoms with Gasteiger partial charge in [0.25, 0.3) is 0 Å². The Hall–Kier alpha value is -3.39. The van der Waals surface area contributed by atoms with Crippen LogP contribution in [0.15, 0.2) is 84.0 Å². The van der Waals surface area contributed by atoms with Crippen molar-refractivity contribution in [1.82, 2.24) is 5.43 Å². The molecule has 0 aliphatic heterocycles. The molecule has 26 heavy (non-hydrogen) atoms. The van der Waals surface area contributed by atoms with Crippen LogP contribution >= 0.6 is 0 Å². The Labute approximate surface area is 155 Å². The summed E-state index contributed by atoms with van der Waals surface area (Å²) in [6.45, 7) is 0. The van der Waals surface area contributed by atoms with Crippen LogP contribution < -0.4 is 5.43 Å². The van der Waals surface area contributed by atoms with Gasteiger partial charge in [-0.05, 0) is 22.3 Å². The first-order chi connectivity index (χ1) is 12.9. The summed E-state index contributed by atoms with van der Waals surface area (Å²) < 4.78 is 0. The lowest BCUT2D eigenvalue weighted by Crippen LogP contribution is -1.98. The smallest absolute Gasteiger partial charge is 0.0552 e. The Kier molecular flexibility index (Phi) is 6.16. The van der Waals surface area contributed by atoms with Gasteiger partial charge < -0.3 is 5.43 Å². The monoisotopic (exact) mass is 338 g/mol. The molecule has 1 N–H and O–H groups in total. The van der Waals surface area contributed by atoms with Crippen molar-refractivity contribution < 1.29 is 0 Å². The lowest BCUT2D eigenvalue weighted by Gasteiger charge is -2.06. The molecule has 0 aliphatic rings. The summed E-state index contributed by atoms with van der Waals surface area (Å²) in [5.74, 6) is 0. The molecule has 2 heteroatoms. The second-order valence-electron chi connectivity index (χ2n) is 5.82. The van der Waals surface area contributed by atoms with Crippen LogP contribution in [0, 0.1) is 0 Å². The Morgan fingerprint density at radius 2 is 1.12 bits per heavy atom. The van der Waals surface area contributed by atoms with Crippen LogP contribution in [-0.4, -0.2) is 13.3 Å². The molecule has 0 fully saturated rings. The average molecular weight is 338 g/mol. The molecule has 128 valence electrons. The second-order valence-corrected chi connectivity index (χ2v) is 5.82. The SMILES string of the molecule is CN/N=C/c1c(/C=C/c2ccccc2)cccc1/C=C/c1ccccc1. The van der Waals surface area contributed by atoms with E-state index >= 15 is 0 Å². The molecule has 0 saturated carbocycles. The minimum atomic E-state index is 1.08. The van der Waals surface area contributed by atoms with Crippen molar-refractivity contribution in [2.75, 3.05) is 7.05 Å². The van der Waals surface area contributed by atoms with Gasteiger partial charge in [0, 0.05) is 12.6 Å². The van der Waals surface area contributed by atoms with Gasteiger partial charge >= 0.3 is 0 Å². The third-order valence-corrected chi connectivity index (χ3v) is 4.01. The number of nitrogens with one attached hydrogen (secondary N) is 1. The van der Waals surface area contributed by atoms with Crippen molar-refractivity contribution in [1.29, 1.82) is 0 Å². The Balaban J connectivity index is 1.95. The Morgan fingerprint density at radius 3 is 1.58 bits per heavy atom. The fourth-order valence-corrected chi connectivity index (χ4v) is 2.67. The maximum Gasteiger partial charge on any atom is 0.0552 e. The maximum absolute atomic E-state index is 4.23. The number of hydrogen-bond acceptors (Lipinski definition) is 2. The molecule has 3 aromatic carbocycles.